The third-order valence-electron chi connectivity index (χ3n) is 4.38. The van der Waals surface area contributed by atoms with Crippen molar-refractivity contribution in [2.24, 2.45) is 7.05 Å². The van der Waals surface area contributed by atoms with E-state index in [9.17, 15) is 9.59 Å². The molecule has 5 heteroatoms. The number of carbonyl (C=O) groups excluding carboxylic acids is 1. The van der Waals surface area contributed by atoms with Crippen LogP contribution in [0.15, 0.2) is 53.3 Å². The van der Waals surface area contributed by atoms with Gasteiger partial charge in [-0.1, -0.05) is 30.3 Å². The summed E-state index contributed by atoms with van der Waals surface area (Å²) in [7, 11) is 3.41. The molecule has 0 fully saturated rings. The predicted octanol–water partition coefficient (Wildman–Crippen LogP) is 2.45. The van der Waals surface area contributed by atoms with Crippen LogP contribution in [0.25, 0.3) is 22.6 Å². The van der Waals surface area contributed by atoms with Crippen molar-refractivity contribution < 1.29 is 4.79 Å². The molecule has 2 aromatic carbocycles. The van der Waals surface area contributed by atoms with Gasteiger partial charge in [0, 0.05) is 19.7 Å². The average molecular weight is 317 g/mol. The van der Waals surface area contributed by atoms with Gasteiger partial charge in [0.25, 0.3) is 11.5 Å². The molecule has 1 aliphatic heterocycles. The minimum atomic E-state index is -0.125. The standard InChI is InChI=1S/C19H15N3O2/c1-21-16-10-6-4-7-12(16)14(19(21)24)11-17-20-15-9-5-3-8-13(15)18(23)22(17)2/h3-11H,1-2H3/b14-11-. The van der Waals surface area contributed by atoms with E-state index in [1.54, 1.807) is 37.2 Å². The van der Waals surface area contributed by atoms with E-state index < -0.39 is 0 Å². The number of hydrogen-bond acceptors (Lipinski definition) is 3. The zero-order valence-electron chi connectivity index (χ0n) is 13.4. The molecule has 1 aromatic heterocycles. The molecule has 0 spiro atoms. The molecule has 0 bridgehead atoms. The number of hydrogen-bond donors (Lipinski definition) is 0. The van der Waals surface area contributed by atoms with Crippen LogP contribution in [0.2, 0.25) is 0 Å². The van der Waals surface area contributed by atoms with Gasteiger partial charge < -0.3 is 4.90 Å². The normalized spacial score (nSPS) is 15.3. The van der Waals surface area contributed by atoms with Gasteiger partial charge in [-0.15, -0.1) is 0 Å². The number of anilines is 1. The van der Waals surface area contributed by atoms with Gasteiger partial charge in [-0.3, -0.25) is 14.2 Å². The summed E-state index contributed by atoms with van der Waals surface area (Å²) in [6.07, 6.45) is 1.69. The van der Waals surface area contributed by atoms with Gasteiger partial charge in [-0.05, 0) is 24.3 Å². The lowest BCUT2D eigenvalue weighted by Gasteiger charge is -2.08. The molecule has 0 unspecified atom stereocenters. The Morgan fingerprint density at radius 2 is 1.67 bits per heavy atom. The van der Waals surface area contributed by atoms with E-state index in [1.807, 2.05) is 36.4 Å². The van der Waals surface area contributed by atoms with Gasteiger partial charge in [0.15, 0.2) is 0 Å². The first-order valence-corrected chi connectivity index (χ1v) is 7.63. The maximum Gasteiger partial charge on any atom is 0.261 e. The van der Waals surface area contributed by atoms with E-state index in [0.717, 1.165) is 11.3 Å². The molecular weight excluding hydrogens is 302 g/mol. The number of para-hydroxylation sites is 2. The number of likely N-dealkylation sites (N-methyl/N-ethyl adjacent to an activating group) is 1. The van der Waals surface area contributed by atoms with Gasteiger partial charge in [0.05, 0.1) is 22.2 Å². The predicted molar refractivity (Wildman–Crippen MR) is 94.7 cm³/mol. The topological polar surface area (TPSA) is 55.2 Å². The second-order valence-corrected chi connectivity index (χ2v) is 5.79. The Labute approximate surface area is 138 Å². The lowest BCUT2D eigenvalue weighted by atomic mass is 10.1. The fourth-order valence-electron chi connectivity index (χ4n) is 3.03. The second-order valence-electron chi connectivity index (χ2n) is 5.79. The molecule has 1 amide bonds. The van der Waals surface area contributed by atoms with Crippen molar-refractivity contribution in [2.75, 3.05) is 11.9 Å². The Morgan fingerprint density at radius 1 is 0.958 bits per heavy atom. The van der Waals surface area contributed by atoms with E-state index in [1.165, 1.54) is 4.57 Å². The summed E-state index contributed by atoms with van der Waals surface area (Å²) < 4.78 is 1.48. The first-order valence-electron chi connectivity index (χ1n) is 7.63. The fraction of sp³-hybridized carbons (Fsp3) is 0.105. The van der Waals surface area contributed by atoms with Crippen LogP contribution in [0.5, 0.6) is 0 Å². The van der Waals surface area contributed by atoms with Crippen molar-refractivity contribution in [3.8, 4) is 0 Å². The van der Waals surface area contributed by atoms with Crippen LogP contribution in [-0.4, -0.2) is 22.5 Å². The lowest BCUT2D eigenvalue weighted by molar-refractivity contribution is -0.112. The Bertz CT molecular complexity index is 1080. The van der Waals surface area contributed by atoms with Crippen molar-refractivity contribution in [1.82, 2.24) is 9.55 Å². The van der Waals surface area contributed by atoms with Crippen molar-refractivity contribution in [3.05, 3.63) is 70.3 Å². The molecule has 0 saturated heterocycles. The smallest absolute Gasteiger partial charge is 0.261 e. The summed E-state index contributed by atoms with van der Waals surface area (Å²) >= 11 is 0. The Hall–Kier alpha value is -3.21. The van der Waals surface area contributed by atoms with E-state index in [-0.39, 0.29) is 11.5 Å². The first kappa shape index (κ1) is 14.4. The SMILES string of the molecule is CN1C(=O)/C(=C\c2nc3ccccc3c(=O)n2C)c2ccccc21. The van der Waals surface area contributed by atoms with Crippen molar-refractivity contribution in [3.63, 3.8) is 0 Å². The number of rotatable bonds is 1. The quantitative estimate of drug-likeness (QED) is 0.648. The highest BCUT2D eigenvalue weighted by Gasteiger charge is 2.29. The van der Waals surface area contributed by atoms with Gasteiger partial charge >= 0.3 is 0 Å². The highest BCUT2D eigenvalue weighted by Crippen LogP contribution is 2.36. The molecule has 3 aromatic rings. The molecular formula is C19H15N3O2. The van der Waals surface area contributed by atoms with Crippen molar-refractivity contribution in [1.29, 1.82) is 0 Å². The monoisotopic (exact) mass is 317 g/mol. The number of benzene rings is 2. The summed E-state index contributed by atoms with van der Waals surface area (Å²) in [5.41, 5.74) is 2.76. The number of nitrogens with zero attached hydrogens (tertiary/aromatic N) is 3. The third kappa shape index (κ3) is 1.98. The van der Waals surface area contributed by atoms with Crippen LogP contribution >= 0.6 is 0 Å². The Kier molecular flexibility index (Phi) is 3.09. The summed E-state index contributed by atoms with van der Waals surface area (Å²) in [4.78, 5) is 31.2. The molecule has 118 valence electrons. The van der Waals surface area contributed by atoms with E-state index in [4.69, 9.17) is 0 Å². The van der Waals surface area contributed by atoms with E-state index in [0.29, 0.717) is 22.3 Å². The fourth-order valence-corrected chi connectivity index (χ4v) is 3.03. The summed E-state index contributed by atoms with van der Waals surface area (Å²) in [5, 5.41) is 0.567. The molecule has 24 heavy (non-hydrogen) atoms. The molecule has 2 heterocycles. The highest BCUT2D eigenvalue weighted by molar-refractivity contribution is 6.35. The Morgan fingerprint density at radius 3 is 2.50 bits per heavy atom. The molecule has 0 N–H and O–H groups in total. The summed E-state index contributed by atoms with van der Waals surface area (Å²) in [5.74, 6) is 0.366. The molecule has 0 atom stereocenters. The number of fused-ring (bicyclic) bond motifs is 2. The number of amides is 1. The first-order chi connectivity index (χ1) is 11.6. The minimum Gasteiger partial charge on any atom is -0.311 e. The van der Waals surface area contributed by atoms with Gasteiger partial charge in [-0.2, -0.15) is 0 Å². The number of aromatic nitrogens is 2. The van der Waals surface area contributed by atoms with Crippen LogP contribution in [0, 0.1) is 0 Å². The maximum absolute atomic E-state index is 12.6. The zero-order valence-corrected chi connectivity index (χ0v) is 13.4. The van der Waals surface area contributed by atoms with Crippen LogP contribution in [-0.2, 0) is 11.8 Å². The molecule has 4 rings (SSSR count). The van der Waals surface area contributed by atoms with Crippen LogP contribution in [0.1, 0.15) is 11.4 Å². The third-order valence-corrected chi connectivity index (χ3v) is 4.38. The van der Waals surface area contributed by atoms with E-state index in [2.05, 4.69) is 4.98 Å². The molecule has 0 radical (unpaired) electrons. The maximum atomic E-state index is 12.6. The molecule has 1 aliphatic rings. The van der Waals surface area contributed by atoms with Crippen LogP contribution in [0.4, 0.5) is 5.69 Å². The number of carbonyl (C=O) groups is 1. The summed E-state index contributed by atoms with van der Waals surface area (Å²) in [6, 6.07) is 14.8. The largest absolute Gasteiger partial charge is 0.311 e. The Balaban J connectivity index is 1.97. The van der Waals surface area contributed by atoms with E-state index >= 15 is 0 Å². The summed E-state index contributed by atoms with van der Waals surface area (Å²) in [6.45, 7) is 0. The van der Waals surface area contributed by atoms with Crippen LogP contribution < -0.4 is 10.5 Å². The minimum absolute atomic E-state index is 0.0985. The van der Waals surface area contributed by atoms with Crippen molar-refractivity contribution in [2.45, 2.75) is 0 Å². The average Bonchev–Trinajstić information content (AvgIpc) is 2.85. The molecule has 0 aliphatic carbocycles. The van der Waals surface area contributed by atoms with Crippen molar-refractivity contribution >= 4 is 34.1 Å². The molecule has 5 nitrogen and oxygen atoms in total. The molecule has 0 saturated carbocycles. The van der Waals surface area contributed by atoms with Crippen LogP contribution in [0.3, 0.4) is 0 Å². The second kappa shape index (κ2) is 5.16. The lowest BCUT2D eigenvalue weighted by Crippen LogP contribution is -2.22. The van der Waals surface area contributed by atoms with Gasteiger partial charge in [-0.25, -0.2) is 4.98 Å². The van der Waals surface area contributed by atoms with Gasteiger partial charge in [0.2, 0.25) is 0 Å². The highest BCUT2D eigenvalue weighted by atomic mass is 16.2. The zero-order chi connectivity index (χ0) is 16.8. The van der Waals surface area contributed by atoms with Gasteiger partial charge in [0.1, 0.15) is 5.82 Å².